The number of amides is 4. The Morgan fingerprint density at radius 1 is 0.456 bits per heavy atom. The van der Waals surface area contributed by atoms with Gasteiger partial charge in [-0.2, -0.15) is 0 Å². The SMILES string of the molecule is CC(=O)N[C@H]1C(OC[C@H]2OC(O)[C@H](NC(C)=O)[C@@H](OC3O[C@H](CO)[C@@H](O)[C@H](O)[C@H]3NC(C)=O)[C@H]2OC2O[C@H](CO)[C@@H](O)[C@H](O)[C@H]2NC(C)=O)O[C@H](CO)[C@@H](O)[C@@H]1O. The van der Waals surface area contributed by atoms with E-state index in [-0.39, 0.29) is 0 Å². The van der Waals surface area contributed by atoms with Crippen LogP contribution in [0.25, 0.3) is 0 Å². The van der Waals surface area contributed by atoms with Crippen molar-refractivity contribution in [3.63, 3.8) is 0 Å². The predicted octanol–water partition coefficient (Wildman–Crippen LogP) is -9.17. The van der Waals surface area contributed by atoms with Gasteiger partial charge in [0.15, 0.2) is 25.2 Å². The molecule has 0 radical (unpaired) electrons. The first-order chi connectivity index (χ1) is 26.8. The first-order valence-corrected chi connectivity index (χ1v) is 18.0. The first-order valence-electron chi connectivity index (χ1n) is 18.0. The van der Waals surface area contributed by atoms with Gasteiger partial charge >= 0.3 is 0 Å². The van der Waals surface area contributed by atoms with Gasteiger partial charge in [-0.15, -0.1) is 0 Å². The number of carbonyl (C=O) groups excluding carboxylic acids is 4. The minimum absolute atomic E-state index is 0.685. The van der Waals surface area contributed by atoms with Gasteiger partial charge < -0.3 is 105 Å². The summed E-state index contributed by atoms with van der Waals surface area (Å²) in [4.78, 5) is 49.0. The molecule has 0 aromatic carbocycles. The molecule has 328 valence electrons. The molecule has 25 heteroatoms. The summed E-state index contributed by atoms with van der Waals surface area (Å²) in [6, 6.07) is -6.28. The smallest absolute Gasteiger partial charge is 0.217 e. The molecule has 4 unspecified atom stereocenters. The standard InChI is InChI=1S/C32H54N4O21/c1-9(40)33-17-24(47)21(44)13(5-37)53-30(17)51-8-16-27(56-31-18(34-10(2)41)25(48)22(45)14(6-38)54-31)28(20(29(50)52-16)36-12(4)43)57-32-19(35-11(3)42)26(49)23(46)15(7-39)55-32/h13-32,37-39,44-50H,5-8H2,1-4H3,(H,33,40)(H,34,41)(H,35,42)(H,36,43)/t13-,14-,15-,16-,17-,18-,19-,20-,21-,22-,23-,24-,25-,26-,27+,28-,29?,30?,31?,32?/m1/s1. The fourth-order valence-corrected chi connectivity index (χ4v) is 7.05. The van der Waals surface area contributed by atoms with Gasteiger partial charge in [0.2, 0.25) is 23.6 Å². The van der Waals surface area contributed by atoms with Crippen molar-refractivity contribution < 1.29 is 103 Å². The Morgan fingerprint density at radius 2 is 0.789 bits per heavy atom. The molecule has 14 N–H and O–H groups in total. The second-order valence-electron chi connectivity index (χ2n) is 14.1. The van der Waals surface area contributed by atoms with Gasteiger partial charge in [-0.25, -0.2) is 0 Å². The van der Waals surface area contributed by atoms with E-state index >= 15 is 0 Å². The Balaban J connectivity index is 1.81. The number of aliphatic hydroxyl groups excluding tert-OH is 10. The molecule has 4 aliphatic rings. The quantitative estimate of drug-likeness (QED) is 0.0773. The average molecular weight is 831 g/mol. The molecule has 57 heavy (non-hydrogen) atoms. The van der Waals surface area contributed by atoms with Crippen LogP contribution in [0.1, 0.15) is 27.7 Å². The van der Waals surface area contributed by atoms with Crippen molar-refractivity contribution in [1.29, 1.82) is 0 Å². The zero-order valence-electron chi connectivity index (χ0n) is 31.3. The summed E-state index contributed by atoms with van der Waals surface area (Å²) >= 11 is 0. The molecule has 4 saturated heterocycles. The fraction of sp³-hybridized carbons (Fsp3) is 0.875. The Morgan fingerprint density at radius 3 is 1.16 bits per heavy atom. The van der Waals surface area contributed by atoms with Crippen molar-refractivity contribution in [1.82, 2.24) is 21.3 Å². The molecule has 4 amide bonds. The van der Waals surface area contributed by atoms with Gasteiger partial charge in [0.05, 0.1) is 26.4 Å². The molecule has 0 aliphatic carbocycles. The number of ether oxygens (including phenoxy) is 7. The van der Waals surface area contributed by atoms with Crippen LogP contribution in [0.5, 0.6) is 0 Å². The molecule has 25 nitrogen and oxygen atoms in total. The fourth-order valence-electron chi connectivity index (χ4n) is 7.05. The van der Waals surface area contributed by atoms with Crippen LogP contribution in [0.4, 0.5) is 0 Å². The zero-order valence-corrected chi connectivity index (χ0v) is 31.3. The molecule has 4 aliphatic heterocycles. The van der Waals surface area contributed by atoms with E-state index in [4.69, 9.17) is 33.2 Å². The van der Waals surface area contributed by atoms with Crippen LogP contribution in [0.15, 0.2) is 0 Å². The maximum absolute atomic E-state index is 12.5. The van der Waals surface area contributed by atoms with E-state index < -0.39 is 173 Å². The molecular formula is C32H54N4O21. The molecule has 4 fully saturated rings. The zero-order chi connectivity index (χ0) is 42.5. The highest BCUT2D eigenvalue weighted by atomic mass is 16.8. The van der Waals surface area contributed by atoms with Crippen LogP contribution in [-0.4, -0.2) is 224 Å². The summed E-state index contributed by atoms with van der Waals surface area (Å²) in [5.41, 5.74) is 0. The molecule has 4 rings (SSSR count). The Hall–Kier alpha value is -2.80. The molecule has 0 spiro atoms. The van der Waals surface area contributed by atoms with E-state index in [1.54, 1.807) is 0 Å². The molecule has 4 heterocycles. The van der Waals surface area contributed by atoms with Crippen molar-refractivity contribution in [2.75, 3.05) is 26.4 Å². The maximum Gasteiger partial charge on any atom is 0.217 e. The predicted molar refractivity (Wildman–Crippen MR) is 180 cm³/mol. The van der Waals surface area contributed by atoms with Gasteiger partial charge in [0.25, 0.3) is 0 Å². The lowest BCUT2D eigenvalue weighted by atomic mass is 9.93. The molecule has 0 aromatic heterocycles. The highest BCUT2D eigenvalue weighted by Crippen LogP contribution is 2.34. The van der Waals surface area contributed by atoms with Gasteiger partial charge in [-0.1, -0.05) is 0 Å². The summed E-state index contributed by atoms with van der Waals surface area (Å²) in [6.45, 7) is 1.01. The molecular weight excluding hydrogens is 776 g/mol. The molecule has 0 saturated carbocycles. The lowest BCUT2D eigenvalue weighted by Gasteiger charge is -2.51. The second-order valence-corrected chi connectivity index (χ2v) is 14.1. The van der Waals surface area contributed by atoms with E-state index in [1.807, 2.05) is 0 Å². The number of nitrogens with one attached hydrogen (secondary N) is 4. The Kier molecular flexibility index (Phi) is 16.8. The van der Waals surface area contributed by atoms with Crippen molar-refractivity contribution >= 4 is 23.6 Å². The van der Waals surface area contributed by atoms with E-state index in [2.05, 4.69) is 21.3 Å². The van der Waals surface area contributed by atoms with Gasteiger partial charge in [-0.05, 0) is 0 Å². The van der Waals surface area contributed by atoms with Crippen LogP contribution in [-0.2, 0) is 52.3 Å². The first kappa shape index (κ1) is 46.9. The minimum atomic E-state index is -2.02. The topological polar surface area (TPSA) is 383 Å². The van der Waals surface area contributed by atoms with Gasteiger partial charge in [-0.3, -0.25) is 19.2 Å². The summed E-state index contributed by atoms with van der Waals surface area (Å²) < 4.78 is 41.4. The molecule has 20 atom stereocenters. The Labute approximate surface area is 325 Å². The normalized spacial score (nSPS) is 43.8. The van der Waals surface area contributed by atoms with E-state index in [9.17, 15) is 70.2 Å². The van der Waals surface area contributed by atoms with Crippen LogP contribution < -0.4 is 21.3 Å². The Bertz CT molecular complexity index is 1370. The summed E-state index contributed by atoms with van der Waals surface area (Å²) in [7, 11) is 0. The van der Waals surface area contributed by atoms with E-state index in [0.717, 1.165) is 27.7 Å². The van der Waals surface area contributed by atoms with Crippen LogP contribution >= 0.6 is 0 Å². The number of carbonyl (C=O) groups is 4. The maximum atomic E-state index is 12.5. The van der Waals surface area contributed by atoms with Gasteiger partial charge in [0, 0.05) is 27.7 Å². The summed E-state index contributed by atoms with van der Waals surface area (Å²) in [5, 5.41) is 115. The minimum Gasteiger partial charge on any atom is -0.394 e. The number of rotatable bonds is 14. The highest BCUT2D eigenvalue weighted by molar-refractivity contribution is 5.74. The number of hydrogen-bond donors (Lipinski definition) is 14. The van der Waals surface area contributed by atoms with Crippen LogP contribution in [0.2, 0.25) is 0 Å². The number of hydrogen-bond acceptors (Lipinski definition) is 21. The third-order valence-corrected chi connectivity index (χ3v) is 9.80. The third-order valence-electron chi connectivity index (χ3n) is 9.80. The van der Waals surface area contributed by atoms with Crippen LogP contribution in [0.3, 0.4) is 0 Å². The highest BCUT2D eigenvalue weighted by Gasteiger charge is 2.56. The monoisotopic (exact) mass is 830 g/mol. The summed E-state index contributed by atoms with van der Waals surface area (Å²) in [5.74, 6) is -2.92. The third kappa shape index (κ3) is 11.1. The second kappa shape index (κ2) is 20.4. The molecule has 0 aromatic rings. The lowest BCUT2D eigenvalue weighted by molar-refractivity contribution is -0.360. The van der Waals surface area contributed by atoms with Crippen molar-refractivity contribution in [3.8, 4) is 0 Å². The van der Waals surface area contributed by atoms with Crippen molar-refractivity contribution in [2.45, 2.75) is 150 Å². The van der Waals surface area contributed by atoms with Crippen molar-refractivity contribution in [3.05, 3.63) is 0 Å². The lowest BCUT2D eigenvalue weighted by Crippen LogP contribution is -2.71. The van der Waals surface area contributed by atoms with Gasteiger partial charge in [0.1, 0.15) is 97.4 Å². The molecule has 0 bridgehead atoms. The largest absolute Gasteiger partial charge is 0.394 e. The van der Waals surface area contributed by atoms with Crippen molar-refractivity contribution in [2.24, 2.45) is 0 Å². The van der Waals surface area contributed by atoms with E-state index in [1.165, 1.54) is 0 Å². The van der Waals surface area contributed by atoms with Crippen LogP contribution in [0, 0.1) is 0 Å². The summed E-state index contributed by atoms with van der Waals surface area (Å²) in [6.07, 6.45) is -27.6. The number of aliphatic hydroxyl groups is 10. The average Bonchev–Trinajstić information content (AvgIpc) is 3.14. The van der Waals surface area contributed by atoms with E-state index in [0.29, 0.717) is 0 Å².